The molecule has 6 nitrogen and oxygen atoms in total. The third kappa shape index (κ3) is 10.8. The Labute approximate surface area is 197 Å². The number of halogens is 1. The third-order valence-corrected chi connectivity index (χ3v) is 5.38. The second kappa shape index (κ2) is 13.5. The van der Waals surface area contributed by atoms with Gasteiger partial charge in [-0.15, -0.1) is 24.0 Å². The first kappa shape index (κ1) is 26.2. The van der Waals surface area contributed by atoms with Crippen LogP contribution < -0.4 is 15.4 Å². The Hall–Kier alpha value is -1.81. The Morgan fingerprint density at radius 3 is 2.33 bits per heavy atom. The maximum Gasteiger partial charge on any atom is 0.191 e. The van der Waals surface area contributed by atoms with E-state index in [0.717, 1.165) is 24.3 Å². The summed E-state index contributed by atoms with van der Waals surface area (Å²) in [5.74, 6) is 1.69. The molecule has 0 aliphatic carbocycles. The van der Waals surface area contributed by atoms with Crippen LogP contribution in [0.1, 0.15) is 24.5 Å². The molecule has 0 heterocycles. The van der Waals surface area contributed by atoms with Crippen molar-refractivity contribution in [3.05, 3.63) is 65.7 Å². The quantitative estimate of drug-likeness (QED) is 0.272. The molecule has 2 aromatic rings. The van der Waals surface area contributed by atoms with Gasteiger partial charge in [-0.05, 0) is 43.0 Å². The molecule has 0 radical (unpaired) electrons. The second-order valence-electron chi connectivity index (χ2n) is 7.13. The average molecular weight is 545 g/mol. The van der Waals surface area contributed by atoms with Crippen molar-refractivity contribution in [1.29, 1.82) is 0 Å². The van der Waals surface area contributed by atoms with Gasteiger partial charge in [-0.3, -0.25) is 4.99 Å². The minimum atomic E-state index is -2.95. The summed E-state index contributed by atoms with van der Waals surface area (Å²) in [6, 6.07) is 18.2. The molecule has 2 N–H and O–H groups in total. The van der Waals surface area contributed by atoms with Crippen LogP contribution in [-0.4, -0.2) is 46.0 Å². The smallest absolute Gasteiger partial charge is 0.191 e. The van der Waals surface area contributed by atoms with E-state index >= 15 is 0 Å². The highest BCUT2D eigenvalue weighted by molar-refractivity contribution is 14.0. The largest absolute Gasteiger partial charge is 0.489 e. The van der Waals surface area contributed by atoms with E-state index in [4.69, 9.17) is 4.74 Å². The predicted molar refractivity (Wildman–Crippen MR) is 135 cm³/mol. The molecule has 0 saturated carbocycles. The van der Waals surface area contributed by atoms with Crippen LogP contribution in [0, 0.1) is 0 Å². The first-order valence-electron chi connectivity index (χ1n) is 9.76. The SMILES string of the molecule is CN=C(NCCc1ccc(OCc2ccccc2)cc1)NC(C)CCS(C)(=O)=O.I. The number of guanidine groups is 1. The van der Waals surface area contributed by atoms with Crippen LogP contribution in [-0.2, 0) is 22.9 Å². The topological polar surface area (TPSA) is 79.8 Å². The molecular formula is C22H32IN3O3S. The van der Waals surface area contributed by atoms with Crippen molar-refractivity contribution in [1.82, 2.24) is 10.6 Å². The van der Waals surface area contributed by atoms with Gasteiger partial charge in [-0.2, -0.15) is 0 Å². The van der Waals surface area contributed by atoms with Gasteiger partial charge in [0.05, 0.1) is 5.75 Å². The number of hydrogen-bond acceptors (Lipinski definition) is 4. The Bertz CT molecular complexity index is 872. The van der Waals surface area contributed by atoms with E-state index < -0.39 is 9.84 Å². The molecule has 1 atom stereocenters. The summed E-state index contributed by atoms with van der Waals surface area (Å²) in [5.41, 5.74) is 2.34. The molecule has 0 aliphatic heterocycles. The zero-order valence-corrected chi connectivity index (χ0v) is 20.9. The summed E-state index contributed by atoms with van der Waals surface area (Å²) < 4.78 is 28.4. The molecule has 0 amide bonds. The Kier molecular flexibility index (Phi) is 11.8. The lowest BCUT2D eigenvalue weighted by molar-refractivity contribution is 0.306. The molecule has 1 unspecified atom stereocenters. The van der Waals surface area contributed by atoms with Crippen molar-refractivity contribution in [3.63, 3.8) is 0 Å². The molecule has 0 spiro atoms. The maximum absolute atomic E-state index is 11.3. The van der Waals surface area contributed by atoms with Gasteiger partial charge in [0.25, 0.3) is 0 Å². The molecule has 0 aromatic heterocycles. The lowest BCUT2D eigenvalue weighted by Gasteiger charge is -2.17. The number of benzene rings is 2. The standard InChI is InChI=1S/C22H31N3O3S.HI/c1-18(14-16-29(3,26)27)25-22(23-2)24-15-13-19-9-11-21(12-10-19)28-17-20-7-5-4-6-8-20;/h4-12,18H,13-17H2,1-3H3,(H2,23,24,25);1H. The highest BCUT2D eigenvalue weighted by atomic mass is 127. The van der Waals surface area contributed by atoms with Crippen LogP contribution in [0.2, 0.25) is 0 Å². The molecule has 0 aliphatic rings. The van der Waals surface area contributed by atoms with Gasteiger partial charge < -0.3 is 15.4 Å². The van der Waals surface area contributed by atoms with Crippen LogP contribution in [0.25, 0.3) is 0 Å². The molecule has 166 valence electrons. The lowest BCUT2D eigenvalue weighted by atomic mass is 10.1. The van der Waals surface area contributed by atoms with Crippen molar-refractivity contribution in [3.8, 4) is 5.75 Å². The predicted octanol–water partition coefficient (Wildman–Crippen LogP) is 3.41. The minimum absolute atomic E-state index is 0. The fourth-order valence-electron chi connectivity index (χ4n) is 2.71. The van der Waals surface area contributed by atoms with Crippen molar-refractivity contribution in [2.75, 3.05) is 25.6 Å². The van der Waals surface area contributed by atoms with Crippen molar-refractivity contribution in [2.24, 2.45) is 4.99 Å². The summed E-state index contributed by atoms with van der Waals surface area (Å²) in [6.07, 6.45) is 2.64. The van der Waals surface area contributed by atoms with Gasteiger partial charge in [0, 0.05) is 25.9 Å². The van der Waals surface area contributed by atoms with Gasteiger partial charge in [0.15, 0.2) is 5.96 Å². The molecule has 8 heteroatoms. The zero-order valence-electron chi connectivity index (χ0n) is 17.8. The van der Waals surface area contributed by atoms with Crippen molar-refractivity contribution in [2.45, 2.75) is 32.4 Å². The fraction of sp³-hybridized carbons (Fsp3) is 0.409. The number of hydrogen-bond donors (Lipinski definition) is 2. The minimum Gasteiger partial charge on any atom is -0.489 e. The molecule has 0 fully saturated rings. The van der Waals surface area contributed by atoms with E-state index in [1.54, 1.807) is 7.05 Å². The maximum atomic E-state index is 11.3. The Morgan fingerprint density at radius 1 is 1.07 bits per heavy atom. The molecular weight excluding hydrogens is 513 g/mol. The molecule has 2 aromatic carbocycles. The van der Waals surface area contributed by atoms with E-state index in [2.05, 4.69) is 27.8 Å². The number of nitrogens with zero attached hydrogens (tertiary/aromatic N) is 1. The summed E-state index contributed by atoms with van der Waals surface area (Å²) >= 11 is 0. The van der Waals surface area contributed by atoms with Gasteiger partial charge in [-0.1, -0.05) is 42.5 Å². The van der Waals surface area contributed by atoms with Crippen molar-refractivity contribution < 1.29 is 13.2 Å². The van der Waals surface area contributed by atoms with E-state index in [1.807, 2.05) is 49.4 Å². The van der Waals surface area contributed by atoms with Crippen molar-refractivity contribution >= 4 is 39.8 Å². The van der Waals surface area contributed by atoms with Crippen LogP contribution in [0.3, 0.4) is 0 Å². The zero-order chi connectivity index (χ0) is 21.1. The summed E-state index contributed by atoms with van der Waals surface area (Å²) in [7, 11) is -1.24. The lowest BCUT2D eigenvalue weighted by Crippen LogP contribution is -2.43. The fourth-order valence-corrected chi connectivity index (χ4v) is 3.49. The number of aliphatic imine (C=N–C) groups is 1. The first-order valence-corrected chi connectivity index (χ1v) is 11.8. The Morgan fingerprint density at radius 2 is 1.73 bits per heavy atom. The van der Waals surface area contributed by atoms with Gasteiger partial charge in [-0.25, -0.2) is 8.42 Å². The summed E-state index contributed by atoms with van der Waals surface area (Å²) in [6.45, 7) is 3.23. The number of sulfone groups is 1. The number of ether oxygens (including phenoxy) is 1. The normalized spacial score (nSPS) is 12.6. The molecule has 2 rings (SSSR count). The van der Waals surface area contributed by atoms with Crippen LogP contribution >= 0.6 is 24.0 Å². The molecule has 0 saturated heterocycles. The van der Waals surface area contributed by atoms with E-state index in [9.17, 15) is 8.42 Å². The van der Waals surface area contributed by atoms with Gasteiger partial charge >= 0.3 is 0 Å². The van der Waals surface area contributed by atoms with Gasteiger partial charge in [0.2, 0.25) is 0 Å². The summed E-state index contributed by atoms with van der Waals surface area (Å²) in [5, 5.41) is 6.49. The van der Waals surface area contributed by atoms with Crippen LogP contribution in [0.4, 0.5) is 0 Å². The monoisotopic (exact) mass is 545 g/mol. The second-order valence-corrected chi connectivity index (χ2v) is 9.39. The number of nitrogens with one attached hydrogen (secondary N) is 2. The molecule has 30 heavy (non-hydrogen) atoms. The van der Waals surface area contributed by atoms with E-state index in [0.29, 0.717) is 19.0 Å². The first-order chi connectivity index (χ1) is 13.9. The highest BCUT2D eigenvalue weighted by Gasteiger charge is 2.09. The third-order valence-electron chi connectivity index (χ3n) is 4.41. The van der Waals surface area contributed by atoms with Gasteiger partial charge in [0.1, 0.15) is 22.2 Å². The van der Waals surface area contributed by atoms with Crippen LogP contribution in [0.15, 0.2) is 59.6 Å². The van der Waals surface area contributed by atoms with E-state index in [1.165, 1.54) is 11.8 Å². The molecule has 0 bridgehead atoms. The van der Waals surface area contributed by atoms with Crippen LogP contribution in [0.5, 0.6) is 5.75 Å². The highest BCUT2D eigenvalue weighted by Crippen LogP contribution is 2.14. The average Bonchev–Trinajstić information content (AvgIpc) is 2.71. The summed E-state index contributed by atoms with van der Waals surface area (Å²) in [4.78, 5) is 4.20. The Balaban J connectivity index is 0.00000450. The van der Waals surface area contributed by atoms with E-state index in [-0.39, 0.29) is 35.8 Å². The number of rotatable bonds is 10.